The van der Waals surface area contributed by atoms with Crippen molar-refractivity contribution in [1.29, 1.82) is 0 Å². The Bertz CT molecular complexity index is 247. The van der Waals surface area contributed by atoms with Gasteiger partial charge in [0.25, 0.3) is 0 Å². The van der Waals surface area contributed by atoms with E-state index >= 15 is 0 Å². The van der Waals surface area contributed by atoms with E-state index in [4.69, 9.17) is 0 Å². The van der Waals surface area contributed by atoms with Gasteiger partial charge in [-0.25, -0.2) is 0 Å². The highest BCUT2D eigenvalue weighted by Gasteiger charge is 2.61. The minimum atomic E-state index is -0.0394. The van der Waals surface area contributed by atoms with Crippen molar-refractivity contribution in [3.05, 3.63) is 11.6 Å². The summed E-state index contributed by atoms with van der Waals surface area (Å²) < 4.78 is 0. The lowest BCUT2D eigenvalue weighted by Crippen LogP contribution is -2.46. The predicted molar refractivity (Wildman–Crippen MR) is 39.6 cm³/mol. The second kappa shape index (κ2) is 1.23. The molecule has 1 atom stereocenters. The number of carbonyl (C=O) groups is 1. The zero-order valence-electron chi connectivity index (χ0n) is 6.69. The Morgan fingerprint density at radius 1 is 1.40 bits per heavy atom. The molecule has 1 heteroatoms. The molecule has 3 aliphatic rings. The quantitative estimate of drug-likeness (QED) is 0.497. The maximum atomic E-state index is 11.3. The summed E-state index contributed by atoms with van der Waals surface area (Å²) in [5, 5.41) is 0. The molecule has 54 valence electrons. The van der Waals surface area contributed by atoms with Gasteiger partial charge in [0, 0.05) is 5.41 Å². The van der Waals surface area contributed by atoms with Crippen molar-refractivity contribution in [3.8, 4) is 0 Å². The molecule has 0 N–H and O–H groups in total. The molecule has 0 saturated heterocycles. The molecule has 1 fully saturated rings. The maximum Gasteiger partial charge on any atom is 0.162 e. The fourth-order valence-corrected chi connectivity index (χ4v) is 2.01. The van der Waals surface area contributed by atoms with E-state index in [1.54, 1.807) is 0 Å². The molecule has 1 unspecified atom stereocenters. The van der Waals surface area contributed by atoms with Gasteiger partial charge < -0.3 is 0 Å². The third-order valence-corrected chi connectivity index (χ3v) is 3.58. The van der Waals surface area contributed by atoms with E-state index in [2.05, 4.69) is 20.8 Å². The van der Waals surface area contributed by atoms with Crippen LogP contribution in [0.2, 0.25) is 0 Å². The van der Waals surface area contributed by atoms with E-state index in [1.807, 2.05) is 6.08 Å². The third-order valence-electron chi connectivity index (χ3n) is 3.58. The van der Waals surface area contributed by atoms with Crippen LogP contribution in [0.1, 0.15) is 27.2 Å². The van der Waals surface area contributed by atoms with E-state index in [0.29, 0.717) is 5.78 Å². The van der Waals surface area contributed by atoms with Crippen LogP contribution in [0.5, 0.6) is 0 Å². The molecule has 1 saturated carbocycles. The number of allylic oxidation sites excluding steroid dienone is 2. The molecule has 3 aliphatic carbocycles. The summed E-state index contributed by atoms with van der Waals surface area (Å²) in [5.41, 5.74) is 1.48. The highest BCUT2D eigenvalue weighted by atomic mass is 16.1. The van der Waals surface area contributed by atoms with Crippen LogP contribution in [0.4, 0.5) is 0 Å². The molecule has 0 amide bonds. The second-order valence-corrected chi connectivity index (χ2v) is 4.17. The van der Waals surface area contributed by atoms with E-state index < -0.39 is 0 Å². The van der Waals surface area contributed by atoms with Crippen LogP contribution in [0, 0.1) is 10.8 Å². The van der Waals surface area contributed by atoms with Crippen molar-refractivity contribution in [2.45, 2.75) is 27.2 Å². The summed E-state index contributed by atoms with van der Waals surface area (Å²) in [7, 11) is 0. The molecule has 3 rings (SSSR count). The van der Waals surface area contributed by atoms with E-state index in [-0.39, 0.29) is 10.8 Å². The van der Waals surface area contributed by atoms with Gasteiger partial charge in [-0.15, -0.1) is 0 Å². The van der Waals surface area contributed by atoms with Crippen LogP contribution in [0.3, 0.4) is 0 Å². The largest absolute Gasteiger partial charge is 0.294 e. The van der Waals surface area contributed by atoms with E-state index in [1.165, 1.54) is 5.57 Å². The monoisotopic (exact) mass is 136 g/mol. The van der Waals surface area contributed by atoms with Gasteiger partial charge in [-0.2, -0.15) is 0 Å². The minimum absolute atomic E-state index is 0.0394. The lowest BCUT2D eigenvalue weighted by atomic mass is 9.53. The zero-order valence-corrected chi connectivity index (χ0v) is 6.69. The number of hydrogen-bond donors (Lipinski definition) is 0. The van der Waals surface area contributed by atoms with Crippen LogP contribution in [0.15, 0.2) is 11.6 Å². The van der Waals surface area contributed by atoms with Gasteiger partial charge in [0.05, 0.1) is 0 Å². The van der Waals surface area contributed by atoms with Crippen LogP contribution in [-0.4, -0.2) is 5.78 Å². The molecule has 0 spiro atoms. The molecule has 2 bridgehead atoms. The maximum absolute atomic E-state index is 11.3. The Balaban J connectivity index is 2.53. The zero-order chi connectivity index (χ0) is 7.57. The normalized spacial score (nSPS) is 41.1. The van der Waals surface area contributed by atoms with Gasteiger partial charge in [0.2, 0.25) is 0 Å². The molecule has 0 heterocycles. The number of fused-ring (bicyclic) bond motifs is 1. The summed E-state index contributed by atoms with van der Waals surface area (Å²) in [6.07, 6.45) is 2.85. The molecule has 0 aromatic heterocycles. The SMILES string of the molecule is CC1(C)C2=CC(=O)C1(C)C2. The number of carbonyl (C=O) groups excluding carboxylic acids is 1. The number of ketones is 1. The highest BCUT2D eigenvalue weighted by molar-refractivity contribution is 6.03. The van der Waals surface area contributed by atoms with Gasteiger partial charge in [-0.3, -0.25) is 4.79 Å². The van der Waals surface area contributed by atoms with Gasteiger partial charge in [-0.1, -0.05) is 26.3 Å². The molecule has 0 aliphatic heterocycles. The first-order valence-corrected chi connectivity index (χ1v) is 3.74. The Morgan fingerprint density at radius 2 is 2.00 bits per heavy atom. The number of rotatable bonds is 0. The first kappa shape index (κ1) is 6.14. The van der Waals surface area contributed by atoms with Crippen LogP contribution in [0.25, 0.3) is 0 Å². The van der Waals surface area contributed by atoms with Crippen molar-refractivity contribution in [3.63, 3.8) is 0 Å². The third kappa shape index (κ3) is 0.352. The highest BCUT2D eigenvalue weighted by Crippen LogP contribution is 2.65. The second-order valence-electron chi connectivity index (χ2n) is 4.17. The fourth-order valence-electron chi connectivity index (χ4n) is 2.01. The first-order valence-electron chi connectivity index (χ1n) is 3.74. The van der Waals surface area contributed by atoms with E-state index in [0.717, 1.165) is 6.42 Å². The Kier molecular flexibility index (Phi) is 0.753. The predicted octanol–water partition coefficient (Wildman–Crippen LogP) is 1.93. The van der Waals surface area contributed by atoms with Crippen molar-refractivity contribution in [2.75, 3.05) is 0 Å². The molecular weight excluding hydrogens is 124 g/mol. The summed E-state index contributed by atoms with van der Waals surface area (Å²) >= 11 is 0. The molecule has 10 heavy (non-hydrogen) atoms. The summed E-state index contributed by atoms with van der Waals surface area (Å²) in [5.74, 6) is 0.340. The minimum Gasteiger partial charge on any atom is -0.294 e. The number of hydrogen-bond acceptors (Lipinski definition) is 1. The topological polar surface area (TPSA) is 17.1 Å². The molecular formula is C9H12O. The van der Waals surface area contributed by atoms with Crippen molar-refractivity contribution < 1.29 is 4.79 Å². The Labute approximate surface area is 61.1 Å². The average molecular weight is 136 g/mol. The van der Waals surface area contributed by atoms with Gasteiger partial charge in [0.1, 0.15) is 0 Å². The Hall–Kier alpha value is -0.590. The van der Waals surface area contributed by atoms with Crippen molar-refractivity contribution in [1.82, 2.24) is 0 Å². The lowest BCUT2D eigenvalue weighted by molar-refractivity contribution is -0.128. The molecule has 0 aromatic rings. The van der Waals surface area contributed by atoms with Gasteiger partial charge in [-0.05, 0) is 17.9 Å². The standard InChI is InChI=1S/C9H12O/c1-8(2)6-4-7(10)9(8,3)5-6/h4H,5H2,1-3H3. The molecule has 0 aromatic carbocycles. The summed E-state index contributed by atoms with van der Waals surface area (Å²) in [6.45, 7) is 6.39. The van der Waals surface area contributed by atoms with Gasteiger partial charge in [0.15, 0.2) is 5.78 Å². The van der Waals surface area contributed by atoms with Crippen LogP contribution < -0.4 is 0 Å². The summed E-state index contributed by atoms with van der Waals surface area (Å²) in [4.78, 5) is 11.3. The van der Waals surface area contributed by atoms with E-state index in [9.17, 15) is 4.79 Å². The van der Waals surface area contributed by atoms with Gasteiger partial charge >= 0.3 is 0 Å². The first-order chi connectivity index (χ1) is 4.48. The van der Waals surface area contributed by atoms with Crippen molar-refractivity contribution in [2.24, 2.45) is 10.8 Å². The smallest absolute Gasteiger partial charge is 0.162 e. The Morgan fingerprint density at radius 3 is 2.10 bits per heavy atom. The fraction of sp³-hybridized carbons (Fsp3) is 0.667. The average Bonchev–Trinajstić information content (AvgIpc) is 2.20. The molecule has 1 nitrogen and oxygen atoms in total. The van der Waals surface area contributed by atoms with Crippen molar-refractivity contribution >= 4 is 5.78 Å². The lowest BCUT2D eigenvalue weighted by Gasteiger charge is -2.49. The van der Waals surface area contributed by atoms with Crippen LogP contribution >= 0.6 is 0 Å². The summed E-state index contributed by atoms with van der Waals surface area (Å²) in [6, 6.07) is 0. The molecule has 0 radical (unpaired) electrons. The van der Waals surface area contributed by atoms with Crippen LogP contribution in [-0.2, 0) is 4.79 Å².